The molecule has 10 nitrogen and oxygen atoms in total. The standard InChI is InChI=1S/C18H23N9O/c1-2-3-4-14-20-5-6-27(14)18-24-15(13-11-21-16(19)22-12-13)23-17(25-18)26-7-9-28-10-8-26/h5-6,11-12H,2-4,7-10H2,1H3,(H2,19,21,22). The monoisotopic (exact) mass is 381 g/mol. The van der Waals surface area contributed by atoms with E-state index in [1.54, 1.807) is 18.6 Å². The Bertz CT molecular complexity index is 919. The zero-order valence-corrected chi connectivity index (χ0v) is 15.8. The van der Waals surface area contributed by atoms with Gasteiger partial charge in [-0.3, -0.25) is 4.57 Å². The number of imidazole rings is 1. The maximum atomic E-state index is 5.62. The van der Waals surface area contributed by atoms with Crippen molar-refractivity contribution in [1.82, 2.24) is 34.5 Å². The molecule has 146 valence electrons. The van der Waals surface area contributed by atoms with Gasteiger partial charge in [-0.1, -0.05) is 13.3 Å². The minimum absolute atomic E-state index is 0.211. The lowest BCUT2D eigenvalue weighted by Gasteiger charge is -2.27. The molecule has 1 fully saturated rings. The van der Waals surface area contributed by atoms with Crippen LogP contribution in [0, 0.1) is 0 Å². The predicted octanol–water partition coefficient (Wildman–Crippen LogP) is 1.28. The molecule has 1 aliphatic rings. The number of hydrogen-bond acceptors (Lipinski definition) is 9. The van der Waals surface area contributed by atoms with Crippen LogP contribution in [0.3, 0.4) is 0 Å². The van der Waals surface area contributed by atoms with E-state index in [4.69, 9.17) is 15.5 Å². The molecule has 1 aliphatic heterocycles. The van der Waals surface area contributed by atoms with E-state index < -0.39 is 0 Å². The van der Waals surface area contributed by atoms with Crippen molar-refractivity contribution in [3.63, 3.8) is 0 Å². The zero-order valence-electron chi connectivity index (χ0n) is 15.8. The first-order valence-corrected chi connectivity index (χ1v) is 9.44. The van der Waals surface area contributed by atoms with Crippen LogP contribution in [0.5, 0.6) is 0 Å². The Kier molecular flexibility index (Phi) is 5.38. The normalized spacial score (nSPS) is 14.4. The molecule has 1 saturated heterocycles. The molecule has 3 aromatic rings. The van der Waals surface area contributed by atoms with Gasteiger partial charge in [0.05, 0.1) is 18.8 Å². The van der Waals surface area contributed by atoms with Crippen LogP contribution in [0.15, 0.2) is 24.8 Å². The van der Waals surface area contributed by atoms with Crippen LogP contribution in [0.4, 0.5) is 11.9 Å². The second-order valence-corrected chi connectivity index (χ2v) is 6.51. The molecule has 2 N–H and O–H groups in total. The molecule has 10 heteroatoms. The fourth-order valence-corrected chi connectivity index (χ4v) is 2.99. The third kappa shape index (κ3) is 3.91. The number of unbranched alkanes of at least 4 members (excludes halogenated alkanes) is 1. The van der Waals surface area contributed by atoms with Gasteiger partial charge in [-0.05, 0) is 6.42 Å². The van der Waals surface area contributed by atoms with E-state index in [0.29, 0.717) is 36.5 Å². The molecule has 0 unspecified atom stereocenters. The second-order valence-electron chi connectivity index (χ2n) is 6.51. The summed E-state index contributed by atoms with van der Waals surface area (Å²) in [5.74, 6) is 2.78. The number of rotatable bonds is 6. The molecule has 0 aromatic carbocycles. The van der Waals surface area contributed by atoms with Crippen molar-refractivity contribution in [2.75, 3.05) is 36.9 Å². The molecule has 0 saturated carbocycles. The summed E-state index contributed by atoms with van der Waals surface area (Å²) < 4.78 is 7.37. The van der Waals surface area contributed by atoms with Crippen LogP contribution in [0.25, 0.3) is 17.3 Å². The van der Waals surface area contributed by atoms with E-state index in [1.807, 2.05) is 10.8 Å². The highest BCUT2D eigenvalue weighted by Gasteiger charge is 2.19. The smallest absolute Gasteiger partial charge is 0.240 e. The lowest BCUT2D eigenvalue weighted by Crippen LogP contribution is -2.37. The van der Waals surface area contributed by atoms with Gasteiger partial charge in [-0.2, -0.15) is 15.0 Å². The highest BCUT2D eigenvalue weighted by Crippen LogP contribution is 2.20. The molecule has 0 spiro atoms. The number of anilines is 2. The predicted molar refractivity (Wildman–Crippen MR) is 104 cm³/mol. The average Bonchev–Trinajstić information content (AvgIpc) is 3.22. The number of nitrogen functional groups attached to an aromatic ring is 1. The van der Waals surface area contributed by atoms with E-state index >= 15 is 0 Å². The molecule has 4 rings (SSSR count). The molecule has 0 atom stereocenters. The summed E-state index contributed by atoms with van der Waals surface area (Å²) in [6.07, 6.45) is 9.91. The van der Waals surface area contributed by atoms with Crippen LogP contribution < -0.4 is 10.6 Å². The maximum absolute atomic E-state index is 5.62. The highest BCUT2D eigenvalue weighted by molar-refractivity contribution is 5.55. The van der Waals surface area contributed by atoms with Gasteiger partial charge in [0.25, 0.3) is 0 Å². The third-order valence-electron chi connectivity index (χ3n) is 4.52. The number of aryl methyl sites for hydroxylation is 1. The van der Waals surface area contributed by atoms with Crippen molar-refractivity contribution >= 4 is 11.9 Å². The second kappa shape index (κ2) is 8.26. The summed E-state index contributed by atoms with van der Waals surface area (Å²) in [5, 5.41) is 0. The fourth-order valence-electron chi connectivity index (χ4n) is 2.99. The number of nitrogens with zero attached hydrogens (tertiary/aromatic N) is 8. The summed E-state index contributed by atoms with van der Waals surface area (Å²) in [6.45, 7) is 4.91. The molecule has 0 aliphatic carbocycles. The number of aromatic nitrogens is 7. The van der Waals surface area contributed by atoms with Gasteiger partial charge in [-0.25, -0.2) is 15.0 Å². The van der Waals surface area contributed by atoms with E-state index in [2.05, 4.69) is 36.7 Å². The third-order valence-corrected chi connectivity index (χ3v) is 4.52. The Labute approximate surface area is 162 Å². The van der Waals surface area contributed by atoms with E-state index in [9.17, 15) is 0 Å². The fraction of sp³-hybridized carbons (Fsp3) is 0.444. The van der Waals surface area contributed by atoms with Crippen molar-refractivity contribution in [3.05, 3.63) is 30.6 Å². The minimum Gasteiger partial charge on any atom is -0.378 e. The summed E-state index contributed by atoms with van der Waals surface area (Å²) in [6, 6.07) is 0. The topological polar surface area (TPSA) is 121 Å². The Balaban J connectivity index is 1.77. The Morgan fingerprint density at radius 1 is 1.04 bits per heavy atom. The minimum atomic E-state index is 0.211. The Morgan fingerprint density at radius 3 is 2.54 bits per heavy atom. The molecule has 28 heavy (non-hydrogen) atoms. The Morgan fingerprint density at radius 2 is 1.79 bits per heavy atom. The maximum Gasteiger partial charge on any atom is 0.240 e. The highest BCUT2D eigenvalue weighted by atomic mass is 16.5. The van der Waals surface area contributed by atoms with Crippen molar-refractivity contribution in [3.8, 4) is 17.3 Å². The summed E-state index contributed by atoms with van der Waals surface area (Å²) in [7, 11) is 0. The van der Waals surface area contributed by atoms with Crippen LogP contribution in [-0.2, 0) is 11.2 Å². The quantitative estimate of drug-likeness (QED) is 0.673. The summed E-state index contributed by atoms with van der Waals surface area (Å²) in [5.41, 5.74) is 6.30. The SMILES string of the molecule is CCCCc1nccn1-c1nc(-c2cnc(N)nc2)nc(N2CCOCC2)n1. The van der Waals surface area contributed by atoms with E-state index in [-0.39, 0.29) is 5.95 Å². The molecular weight excluding hydrogens is 358 g/mol. The van der Waals surface area contributed by atoms with Crippen LogP contribution in [0.1, 0.15) is 25.6 Å². The largest absolute Gasteiger partial charge is 0.378 e. The number of morpholine rings is 1. The molecule has 0 bridgehead atoms. The first-order chi connectivity index (χ1) is 13.7. The van der Waals surface area contributed by atoms with Crippen molar-refractivity contribution < 1.29 is 4.74 Å². The van der Waals surface area contributed by atoms with Crippen molar-refractivity contribution in [1.29, 1.82) is 0 Å². The molecular formula is C18H23N9O. The number of ether oxygens (including phenoxy) is 1. The summed E-state index contributed by atoms with van der Waals surface area (Å²) >= 11 is 0. The van der Waals surface area contributed by atoms with Gasteiger partial charge in [-0.15, -0.1) is 0 Å². The molecule has 3 aromatic heterocycles. The van der Waals surface area contributed by atoms with Crippen LogP contribution >= 0.6 is 0 Å². The van der Waals surface area contributed by atoms with Gasteiger partial charge in [0.1, 0.15) is 5.82 Å². The van der Waals surface area contributed by atoms with Crippen LogP contribution in [0.2, 0.25) is 0 Å². The molecule has 4 heterocycles. The first kappa shape index (κ1) is 18.2. The first-order valence-electron chi connectivity index (χ1n) is 9.44. The van der Waals surface area contributed by atoms with Crippen molar-refractivity contribution in [2.24, 2.45) is 0 Å². The summed E-state index contributed by atoms with van der Waals surface area (Å²) in [4.78, 5) is 28.7. The van der Waals surface area contributed by atoms with E-state index in [0.717, 1.165) is 38.2 Å². The van der Waals surface area contributed by atoms with Gasteiger partial charge in [0, 0.05) is 44.3 Å². The lowest BCUT2D eigenvalue weighted by atomic mass is 10.2. The number of hydrogen-bond donors (Lipinski definition) is 1. The zero-order chi connectivity index (χ0) is 19.3. The van der Waals surface area contributed by atoms with Gasteiger partial charge in [0.2, 0.25) is 17.8 Å². The van der Waals surface area contributed by atoms with Crippen molar-refractivity contribution in [2.45, 2.75) is 26.2 Å². The van der Waals surface area contributed by atoms with Gasteiger partial charge in [0.15, 0.2) is 5.82 Å². The molecule has 0 amide bonds. The number of nitrogens with two attached hydrogens (primary N) is 1. The van der Waals surface area contributed by atoms with Gasteiger partial charge < -0.3 is 15.4 Å². The van der Waals surface area contributed by atoms with E-state index in [1.165, 1.54) is 0 Å². The van der Waals surface area contributed by atoms with Gasteiger partial charge >= 0.3 is 0 Å². The Hall–Kier alpha value is -3.14. The van der Waals surface area contributed by atoms with Crippen LogP contribution in [-0.4, -0.2) is 60.8 Å². The average molecular weight is 381 g/mol. The molecule has 0 radical (unpaired) electrons. The lowest BCUT2D eigenvalue weighted by molar-refractivity contribution is 0.122.